The topological polar surface area (TPSA) is 46.1 Å². The number of aromatic nitrogens is 2. The summed E-state index contributed by atoms with van der Waals surface area (Å²) in [7, 11) is 0. The Morgan fingerprint density at radius 3 is 2.71 bits per heavy atom. The summed E-state index contributed by atoms with van der Waals surface area (Å²) in [6.07, 6.45) is 1.81. The van der Waals surface area contributed by atoms with Crippen LogP contribution in [0.2, 0.25) is 0 Å². The molecule has 4 nitrogen and oxygen atoms in total. The van der Waals surface area contributed by atoms with E-state index < -0.39 is 0 Å². The van der Waals surface area contributed by atoms with Gasteiger partial charge in [-0.2, -0.15) is 0 Å². The third kappa shape index (κ3) is 2.70. The molecule has 3 heterocycles. The Morgan fingerprint density at radius 2 is 2.14 bits per heavy atom. The molecular weight excluding hydrogens is 282 g/mol. The number of thiazole rings is 1. The number of rotatable bonds is 3. The van der Waals surface area contributed by atoms with E-state index in [-0.39, 0.29) is 5.91 Å². The molecule has 1 saturated heterocycles. The first-order chi connectivity index (χ1) is 10.1. The molecule has 0 bridgehead atoms. The van der Waals surface area contributed by atoms with Gasteiger partial charge in [-0.25, -0.2) is 4.98 Å². The van der Waals surface area contributed by atoms with Crippen molar-refractivity contribution < 1.29 is 4.79 Å². The number of hydrogen-bond acceptors (Lipinski definition) is 4. The number of amides is 1. The van der Waals surface area contributed by atoms with Crippen LogP contribution in [-0.2, 0) is 0 Å². The fourth-order valence-electron chi connectivity index (χ4n) is 2.46. The van der Waals surface area contributed by atoms with E-state index in [0.717, 1.165) is 34.4 Å². The summed E-state index contributed by atoms with van der Waals surface area (Å²) in [4.78, 5) is 24.1. The second-order valence-corrected chi connectivity index (χ2v) is 6.81. The van der Waals surface area contributed by atoms with Crippen LogP contribution in [0.4, 0.5) is 0 Å². The lowest BCUT2D eigenvalue weighted by atomic mass is 9.95. The normalized spacial score (nSPS) is 15.3. The van der Waals surface area contributed by atoms with E-state index in [1.807, 2.05) is 36.2 Å². The lowest BCUT2D eigenvalue weighted by molar-refractivity contribution is 0.0603. The smallest absolute Gasteiger partial charge is 0.265 e. The Kier molecular flexibility index (Phi) is 3.76. The average molecular weight is 301 g/mol. The van der Waals surface area contributed by atoms with Crippen molar-refractivity contribution in [2.45, 2.75) is 32.6 Å². The highest BCUT2D eigenvalue weighted by Gasteiger charge is 2.34. The monoisotopic (exact) mass is 301 g/mol. The molecule has 3 rings (SSSR count). The van der Waals surface area contributed by atoms with Gasteiger partial charge in [0.1, 0.15) is 4.88 Å². The maximum Gasteiger partial charge on any atom is 0.265 e. The van der Waals surface area contributed by atoms with Crippen molar-refractivity contribution in [3.05, 3.63) is 45.7 Å². The predicted molar refractivity (Wildman–Crippen MR) is 83.8 cm³/mol. The summed E-state index contributed by atoms with van der Waals surface area (Å²) in [6, 6.07) is 5.94. The molecule has 2 aromatic heterocycles. The quantitative estimate of drug-likeness (QED) is 0.874. The first kappa shape index (κ1) is 14.2. The SMILES string of the molecule is Cc1nc(C(C)C)sc1C(=O)N1CC(c2ccccn2)C1. The van der Waals surface area contributed by atoms with Gasteiger partial charge in [0, 0.05) is 36.8 Å². The van der Waals surface area contributed by atoms with Crippen molar-refractivity contribution in [2.24, 2.45) is 0 Å². The van der Waals surface area contributed by atoms with E-state index in [1.165, 1.54) is 11.3 Å². The van der Waals surface area contributed by atoms with Gasteiger partial charge in [0.2, 0.25) is 0 Å². The Morgan fingerprint density at radius 1 is 1.38 bits per heavy atom. The first-order valence-corrected chi connectivity index (χ1v) is 8.05. The summed E-state index contributed by atoms with van der Waals surface area (Å²) in [5, 5.41) is 1.04. The van der Waals surface area contributed by atoms with Gasteiger partial charge >= 0.3 is 0 Å². The molecule has 2 aromatic rings. The van der Waals surface area contributed by atoms with Gasteiger partial charge < -0.3 is 4.90 Å². The first-order valence-electron chi connectivity index (χ1n) is 7.23. The molecule has 0 radical (unpaired) electrons. The third-order valence-electron chi connectivity index (χ3n) is 3.78. The van der Waals surface area contributed by atoms with E-state index in [9.17, 15) is 4.79 Å². The standard InChI is InChI=1S/C16H19N3OS/c1-10(2)15-18-11(3)14(21-15)16(20)19-8-12(9-19)13-6-4-5-7-17-13/h4-7,10,12H,8-9H2,1-3H3. The highest BCUT2D eigenvalue weighted by Crippen LogP contribution is 2.30. The van der Waals surface area contributed by atoms with Gasteiger partial charge in [0.05, 0.1) is 10.7 Å². The Bertz CT molecular complexity index is 645. The molecule has 0 saturated carbocycles. The number of likely N-dealkylation sites (tertiary alicyclic amines) is 1. The molecule has 0 spiro atoms. The van der Waals surface area contributed by atoms with Crippen molar-refractivity contribution in [3.63, 3.8) is 0 Å². The number of carbonyl (C=O) groups is 1. The highest BCUT2D eigenvalue weighted by atomic mass is 32.1. The molecule has 21 heavy (non-hydrogen) atoms. The molecule has 1 aliphatic rings. The second kappa shape index (κ2) is 5.56. The summed E-state index contributed by atoms with van der Waals surface area (Å²) in [6.45, 7) is 7.64. The minimum absolute atomic E-state index is 0.115. The lowest BCUT2D eigenvalue weighted by Crippen LogP contribution is -2.48. The van der Waals surface area contributed by atoms with Gasteiger partial charge in [-0.05, 0) is 19.1 Å². The molecule has 0 aliphatic carbocycles. The molecule has 5 heteroatoms. The maximum atomic E-state index is 12.5. The fourth-order valence-corrected chi connectivity index (χ4v) is 3.49. The Labute approximate surface area is 128 Å². The van der Waals surface area contributed by atoms with E-state index >= 15 is 0 Å². The minimum Gasteiger partial charge on any atom is -0.336 e. The predicted octanol–water partition coefficient (Wildman–Crippen LogP) is 3.21. The Balaban J connectivity index is 1.68. The summed E-state index contributed by atoms with van der Waals surface area (Å²) >= 11 is 1.53. The summed E-state index contributed by atoms with van der Waals surface area (Å²) < 4.78 is 0. The summed E-state index contributed by atoms with van der Waals surface area (Å²) in [5.41, 5.74) is 1.93. The third-order valence-corrected chi connectivity index (χ3v) is 5.22. The van der Waals surface area contributed by atoms with Gasteiger partial charge in [-0.1, -0.05) is 19.9 Å². The van der Waals surface area contributed by atoms with Crippen molar-refractivity contribution in [3.8, 4) is 0 Å². The highest BCUT2D eigenvalue weighted by molar-refractivity contribution is 7.13. The van der Waals surface area contributed by atoms with Crippen LogP contribution < -0.4 is 0 Å². The minimum atomic E-state index is 0.115. The molecule has 1 fully saturated rings. The maximum absolute atomic E-state index is 12.5. The van der Waals surface area contributed by atoms with Crippen LogP contribution in [0, 0.1) is 6.92 Å². The number of hydrogen-bond donors (Lipinski definition) is 0. The summed E-state index contributed by atoms with van der Waals surface area (Å²) in [5.74, 6) is 0.852. The van der Waals surface area contributed by atoms with Gasteiger partial charge in [-0.3, -0.25) is 9.78 Å². The zero-order chi connectivity index (χ0) is 15.0. The molecule has 110 valence electrons. The van der Waals surface area contributed by atoms with Gasteiger partial charge in [-0.15, -0.1) is 11.3 Å². The van der Waals surface area contributed by atoms with Crippen LogP contribution in [0.15, 0.2) is 24.4 Å². The van der Waals surface area contributed by atoms with E-state index in [4.69, 9.17) is 0 Å². The average Bonchev–Trinajstić information content (AvgIpc) is 2.80. The van der Waals surface area contributed by atoms with E-state index in [2.05, 4.69) is 23.8 Å². The number of nitrogens with zero attached hydrogens (tertiary/aromatic N) is 3. The number of carbonyl (C=O) groups excluding carboxylic acids is 1. The zero-order valence-corrected chi connectivity index (χ0v) is 13.4. The van der Waals surface area contributed by atoms with Crippen LogP contribution in [0.25, 0.3) is 0 Å². The van der Waals surface area contributed by atoms with Crippen LogP contribution in [0.3, 0.4) is 0 Å². The van der Waals surface area contributed by atoms with E-state index in [0.29, 0.717) is 11.8 Å². The molecular formula is C16H19N3OS. The zero-order valence-electron chi connectivity index (χ0n) is 12.5. The van der Waals surface area contributed by atoms with E-state index in [1.54, 1.807) is 0 Å². The van der Waals surface area contributed by atoms with Crippen LogP contribution in [0.1, 0.15) is 51.8 Å². The van der Waals surface area contributed by atoms with Crippen LogP contribution in [-0.4, -0.2) is 33.9 Å². The second-order valence-electron chi connectivity index (χ2n) is 5.78. The number of aryl methyl sites for hydroxylation is 1. The Hall–Kier alpha value is -1.75. The fraction of sp³-hybridized carbons (Fsp3) is 0.438. The molecule has 1 aliphatic heterocycles. The molecule has 0 unspecified atom stereocenters. The van der Waals surface area contributed by atoms with Crippen molar-refractivity contribution in [1.29, 1.82) is 0 Å². The lowest BCUT2D eigenvalue weighted by Gasteiger charge is -2.38. The largest absolute Gasteiger partial charge is 0.336 e. The molecule has 1 amide bonds. The van der Waals surface area contributed by atoms with Crippen molar-refractivity contribution >= 4 is 17.2 Å². The van der Waals surface area contributed by atoms with Gasteiger partial charge in [0.25, 0.3) is 5.91 Å². The molecule has 0 atom stereocenters. The van der Waals surface area contributed by atoms with Gasteiger partial charge in [0.15, 0.2) is 0 Å². The van der Waals surface area contributed by atoms with Crippen molar-refractivity contribution in [1.82, 2.24) is 14.9 Å². The van der Waals surface area contributed by atoms with Crippen molar-refractivity contribution in [2.75, 3.05) is 13.1 Å². The molecule has 0 N–H and O–H groups in total. The van der Waals surface area contributed by atoms with Crippen LogP contribution >= 0.6 is 11.3 Å². The van der Waals surface area contributed by atoms with Crippen LogP contribution in [0.5, 0.6) is 0 Å². The molecule has 0 aromatic carbocycles. The number of pyridine rings is 1.